The minimum atomic E-state index is -0.0939. The largest absolute Gasteiger partial charge is 0.495 e. The molecule has 0 amide bonds. The molecule has 0 fully saturated rings. The number of para-hydroxylation sites is 2. The zero-order chi connectivity index (χ0) is 12.2. The third kappa shape index (κ3) is 2.67. The Morgan fingerprint density at radius 1 is 1.31 bits per heavy atom. The standard InChI is InChI=1S/C13H21NO2/c1-13(2,9-10-15)14(3)11-7-5-6-8-12(11)16-4/h5-8,15H,9-10H2,1-4H3. The van der Waals surface area contributed by atoms with Crippen LogP contribution < -0.4 is 9.64 Å². The molecule has 0 saturated heterocycles. The molecule has 3 heteroatoms. The van der Waals surface area contributed by atoms with Gasteiger partial charge in [-0.1, -0.05) is 12.1 Å². The maximum atomic E-state index is 9.07. The molecule has 3 nitrogen and oxygen atoms in total. The minimum absolute atomic E-state index is 0.0939. The van der Waals surface area contributed by atoms with Crippen LogP contribution in [0.5, 0.6) is 5.75 Å². The van der Waals surface area contributed by atoms with Crippen LogP contribution in [-0.2, 0) is 0 Å². The topological polar surface area (TPSA) is 32.7 Å². The number of ether oxygens (including phenoxy) is 1. The van der Waals surface area contributed by atoms with E-state index in [-0.39, 0.29) is 12.1 Å². The molecule has 0 aliphatic rings. The third-order valence-electron chi connectivity index (χ3n) is 3.08. The van der Waals surface area contributed by atoms with Crippen LogP contribution in [0.15, 0.2) is 24.3 Å². The van der Waals surface area contributed by atoms with Gasteiger partial charge in [-0.3, -0.25) is 0 Å². The van der Waals surface area contributed by atoms with E-state index < -0.39 is 0 Å². The van der Waals surface area contributed by atoms with Gasteiger partial charge in [-0.05, 0) is 32.4 Å². The Labute approximate surface area is 97.7 Å². The molecule has 90 valence electrons. The molecule has 1 aromatic carbocycles. The van der Waals surface area contributed by atoms with Gasteiger partial charge in [-0.15, -0.1) is 0 Å². The first-order chi connectivity index (χ1) is 7.53. The van der Waals surface area contributed by atoms with E-state index in [1.165, 1.54) is 0 Å². The second-order valence-corrected chi connectivity index (χ2v) is 4.52. The van der Waals surface area contributed by atoms with Crippen LogP contribution >= 0.6 is 0 Å². The Morgan fingerprint density at radius 2 is 1.94 bits per heavy atom. The van der Waals surface area contributed by atoms with Crippen LogP contribution in [0.25, 0.3) is 0 Å². The van der Waals surface area contributed by atoms with E-state index in [1.807, 2.05) is 31.3 Å². The number of anilines is 1. The molecule has 0 saturated carbocycles. The van der Waals surface area contributed by atoms with Crippen LogP contribution in [0.3, 0.4) is 0 Å². The molecule has 1 N–H and O–H groups in total. The van der Waals surface area contributed by atoms with Gasteiger partial charge in [0.05, 0.1) is 12.8 Å². The molecule has 0 aliphatic heterocycles. The Balaban J connectivity index is 2.99. The lowest BCUT2D eigenvalue weighted by Gasteiger charge is -2.37. The van der Waals surface area contributed by atoms with E-state index in [9.17, 15) is 0 Å². The van der Waals surface area contributed by atoms with Crippen molar-refractivity contribution in [3.8, 4) is 5.75 Å². The second-order valence-electron chi connectivity index (χ2n) is 4.52. The molecule has 0 spiro atoms. The average Bonchev–Trinajstić information content (AvgIpc) is 2.28. The van der Waals surface area contributed by atoms with Gasteiger partial charge in [0.25, 0.3) is 0 Å². The first-order valence-corrected chi connectivity index (χ1v) is 5.50. The van der Waals surface area contributed by atoms with Gasteiger partial charge in [0.2, 0.25) is 0 Å². The monoisotopic (exact) mass is 223 g/mol. The molecule has 0 aliphatic carbocycles. The number of aliphatic hydroxyl groups is 1. The molecule has 1 aromatic rings. The molecule has 0 aromatic heterocycles. The highest BCUT2D eigenvalue weighted by atomic mass is 16.5. The summed E-state index contributed by atoms with van der Waals surface area (Å²) < 4.78 is 5.34. The fraction of sp³-hybridized carbons (Fsp3) is 0.538. The highest BCUT2D eigenvalue weighted by Crippen LogP contribution is 2.32. The lowest BCUT2D eigenvalue weighted by Crippen LogP contribution is -2.42. The molecule has 0 radical (unpaired) electrons. The Kier molecular flexibility index (Phi) is 4.19. The zero-order valence-corrected chi connectivity index (χ0v) is 10.5. The molecule has 16 heavy (non-hydrogen) atoms. The van der Waals surface area contributed by atoms with Gasteiger partial charge >= 0.3 is 0 Å². The van der Waals surface area contributed by atoms with E-state index in [0.29, 0.717) is 0 Å². The molecular formula is C13H21NO2. The minimum Gasteiger partial charge on any atom is -0.495 e. The summed E-state index contributed by atoms with van der Waals surface area (Å²) in [5, 5.41) is 9.07. The Hall–Kier alpha value is -1.22. The van der Waals surface area contributed by atoms with Crippen molar-refractivity contribution in [2.24, 2.45) is 0 Å². The van der Waals surface area contributed by atoms with Crippen molar-refractivity contribution < 1.29 is 9.84 Å². The van der Waals surface area contributed by atoms with Crippen LogP contribution in [0.2, 0.25) is 0 Å². The Bertz CT molecular complexity index is 336. The van der Waals surface area contributed by atoms with Crippen molar-refractivity contribution in [2.45, 2.75) is 25.8 Å². The highest BCUT2D eigenvalue weighted by molar-refractivity contribution is 5.59. The predicted molar refractivity (Wildman–Crippen MR) is 67.2 cm³/mol. The van der Waals surface area contributed by atoms with E-state index in [1.54, 1.807) is 7.11 Å². The number of hydrogen-bond donors (Lipinski definition) is 1. The molecule has 0 unspecified atom stereocenters. The van der Waals surface area contributed by atoms with Crippen LogP contribution in [0, 0.1) is 0 Å². The van der Waals surface area contributed by atoms with Crippen molar-refractivity contribution >= 4 is 5.69 Å². The lowest BCUT2D eigenvalue weighted by atomic mass is 9.98. The van der Waals surface area contributed by atoms with Crippen molar-refractivity contribution in [3.05, 3.63) is 24.3 Å². The van der Waals surface area contributed by atoms with E-state index >= 15 is 0 Å². The number of hydrogen-bond acceptors (Lipinski definition) is 3. The summed E-state index contributed by atoms with van der Waals surface area (Å²) in [6, 6.07) is 7.91. The molecule has 0 heterocycles. The fourth-order valence-electron chi connectivity index (χ4n) is 1.67. The first-order valence-electron chi connectivity index (χ1n) is 5.50. The number of nitrogens with zero attached hydrogens (tertiary/aromatic N) is 1. The molecular weight excluding hydrogens is 202 g/mol. The summed E-state index contributed by atoms with van der Waals surface area (Å²) in [5.41, 5.74) is 0.951. The molecule has 0 bridgehead atoms. The smallest absolute Gasteiger partial charge is 0.142 e. The quantitative estimate of drug-likeness (QED) is 0.831. The Morgan fingerprint density at radius 3 is 2.50 bits per heavy atom. The van der Waals surface area contributed by atoms with Crippen molar-refractivity contribution in [3.63, 3.8) is 0 Å². The van der Waals surface area contributed by atoms with Gasteiger partial charge < -0.3 is 14.7 Å². The first kappa shape index (κ1) is 12.8. The summed E-state index contributed by atoms with van der Waals surface area (Å²) in [6.45, 7) is 4.40. The fourth-order valence-corrected chi connectivity index (χ4v) is 1.67. The van der Waals surface area contributed by atoms with Gasteiger partial charge in [0.15, 0.2) is 0 Å². The van der Waals surface area contributed by atoms with E-state index in [4.69, 9.17) is 9.84 Å². The molecule has 1 rings (SSSR count). The number of methoxy groups -OCH3 is 1. The van der Waals surface area contributed by atoms with Gasteiger partial charge in [0.1, 0.15) is 5.75 Å². The van der Waals surface area contributed by atoms with Gasteiger partial charge in [-0.2, -0.15) is 0 Å². The summed E-state index contributed by atoms with van der Waals surface area (Å²) in [5.74, 6) is 0.857. The van der Waals surface area contributed by atoms with E-state index in [2.05, 4.69) is 18.7 Å². The normalized spacial score (nSPS) is 11.3. The second kappa shape index (κ2) is 5.21. The van der Waals surface area contributed by atoms with Crippen molar-refractivity contribution in [2.75, 3.05) is 25.7 Å². The summed E-state index contributed by atoms with van der Waals surface area (Å²) in [7, 11) is 3.69. The van der Waals surface area contributed by atoms with Crippen LogP contribution in [0.4, 0.5) is 5.69 Å². The summed E-state index contributed by atoms with van der Waals surface area (Å²) in [6.07, 6.45) is 0.724. The van der Waals surface area contributed by atoms with Crippen molar-refractivity contribution in [1.82, 2.24) is 0 Å². The zero-order valence-electron chi connectivity index (χ0n) is 10.5. The SMILES string of the molecule is COc1ccccc1N(C)C(C)(C)CCO. The highest BCUT2D eigenvalue weighted by Gasteiger charge is 2.24. The lowest BCUT2D eigenvalue weighted by molar-refractivity contribution is 0.250. The summed E-state index contributed by atoms with van der Waals surface area (Å²) in [4.78, 5) is 2.14. The van der Waals surface area contributed by atoms with Crippen molar-refractivity contribution in [1.29, 1.82) is 0 Å². The maximum absolute atomic E-state index is 9.07. The number of benzene rings is 1. The molecule has 0 atom stereocenters. The number of rotatable bonds is 5. The summed E-state index contributed by atoms with van der Waals surface area (Å²) >= 11 is 0. The van der Waals surface area contributed by atoms with Gasteiger partial charge in [0, 0.05) is 19.2 Å². The van der Waals surface area contributed by atoms with Gasteiger partial charge in [-0.25, -0.2) is 0 Å². The van der Waals surface area contributed by atoms with Crippen LogP contribution in [0.1, 0.15) is 20.3 Å². The maximum Gasteiger partial charge on any atom is 0.142 e. The number of aliphatic hydroxyl groups excluding tert-OH is 1. The van der Waals surface area contributed by atoms with Crippen LogP contribution in [-0.4, -0.2) is 31.4 Å². The third-order valence-corrected chi connectivity index (χ3v) is 3.08. The average molecular weight is 223 g/mol. The predicted octanol–water partition coefficient (Wildman–Crippen LogP) is 2.29. The van der Waals surface area contributed by atoms with E-state index in [0.717, 1.165) is 17.9 Å².